The molecule has 1 aromatic heterocycles. The SMILES string of the molecule is C=Cc1nc(/C=C/c2cccc(OC)c2O)n(-c2cccc(C(F)(F)F)c2)c(=O)c1C=C. The summed E-state index contributed by atoms with van der Waals surface area (Å²) in [6, 6.07) is 9.19. The molecule has 0 fully saturated rings. The van der Waals surface area contributed by atoms with Crippen LogP contribution < -0.4 is 10.3 Å². The molecule has 1 heterocycles. The molecule has 0 saturated carbocycles. The van der Waals surface area contributed by atoms with Gasteiger partial charge in [-0.15, -0.1) is 0 Å². The third-order valence-electron chi connectivity index (χ3n) is 4.66. The number of hydrogen-bond donors (Lipinski definition) is 1. The first kappa shape index (κ1) is 22.6. The monoisotopic (exact) mass is 440 g/mol. The van der Waals surface area contributed by atoms with Crippen molar-refractivity contribution in [3.63, 3.8) is 0 Å². The Morgan fingerprint density at radius 2 is 1.81 bits per heavy atom. The quantitative estimate of drug-likeness (QED) is 0.556. The summed E-state index contributed by atoms with van der Waals surface area (Å²) in [6.45, 7) is 7.24. The van der Waals surface area contributed by atoms with Gasteiger partial charge in [-0.2, -0.15) is 13.2 Å². The van der Waals surface area contributed by atoms with Crippen LogP contribution in [0.4, 0.5) is 13.2 Å². The topological polar surface area (TPSA) is 64.3 Å². The molecular formula is C24H19F3N2O3. The van der Waals surface area contributed by atoms with E-state index < -0.39 is 17.3 Å². The van der Waals surface area contributed by atoms with E-state index in [0.29, 0.717) is 5.56 Å². The van der Waals surface area contributed by atoms with Crippen molar-refractivity contribution in [2.75, 3.05) is 7.11 Å². The number of halogens is 3. The van der Waals surface area contributed by atoms with Crippen LogP contribution in [0.15, 0.2) is 60.4 Å². The Bertz CT molecular complexity index is 1270. The summed E-state index contributed by atoms with van der Waals surface area (Å²) in [4.78, 5) is 17.5. The molecule has 1 N–H and O–H groups in total. The summed E-state index contributed by atoms with van der Waals surface area (Å²) in [5.41, 5.74) is -0.858. The van der Waals surface area contributed by atoms with Gasteiger partial charge in [-0.3, -0.25) is 9.36 Å². The van der Waals surface area contributed by atoms with E-state index in [1.165, 1.54) is 43.5 Å². The number of ether oxygens (including phenoxy) is 1. The Morgan fingerprint density at radius 1 is 1.09 bits per heavy atom. The summed E-state index contributed by atoms with van der Waals surface area (Å²) in [7, 11) is 1.40. The number of alkyl halides is 3. The molecule has 8 heteroatoms. The molecule has 164 valence electrons. The van der Waals surface area contributed by atoms with E-state index in [4.69, 9.17) is 4.74 Å². The molecule has 0 amide bonds. The molecule has 0 bridgehead atoms. The fraction of sp³-hybridized carbons (Fsp3) is 0.0833. The summed E-state index contributed by atoms with van der Waals surface area (Å²) in [6.07, 6.45) is 0.936. The molecule has 0 radical (unpaired) electrons. The van der Waals surface area contributed by atoms with Crippen molar-refractivity contribution in [1.82, 2.24) is 9.55 Å². The number of hydrogen-bond acceptors (Lipinski definition) is 4. The molecule has 0 aliphatic carbocycles. The Hall–Kier alpha value is -4.07. The van der Waals surface area contributed by atoms with Gasteiger partial charge in [0.15, 0.2) is 11.5 Å². The van der Waals surface area contributed by atoms with Crippen LogP contribution in [0.5, 0.6) is 11.5 Å². The molecule has 3 aromatic rings. The van der Waals surface area contributed by atoms with Crippen LogP contribution in [0.2, 0.25) is 0 Å². The van der Waals surface area contributed by atoms with E-state index in [2.05, 4.69) is 18.1 Å². The Labute approximate surface area is 182 Å². The minimum Gasteiger partial charge on any atom is -0.504 e. The molecule has 0 unspecified atom stereocenters. The number of phenolic OH excluding ortho intramolecular Hbond substituents is 1. The van der Waals surface area contributed by atoms with Crippen LogP contribution >= 0.6 is 0 Å². The number of aromatic nitrogens is 2. The number of nitrogens with zero attached hydrogens (tertiary/aromatic N) is 2. The lowest BCUT2D eigenvalue weighted by Gasteiger charge is -2.15. The Morgan fingerprint density at radius 3 is 2.44 bits per heavy atom. The van der Waals surface area contributed by atoms with E-state index in [1.807, 2.05) is 0 Å². The van der Waals surface area contributed by atoms with Crippen molar-refractivity contribution >= 4 is 24.3 Å². The van der Waals surface area contributed by atoms with Gasteiger partial charge < -0.3 is 9.84 Å². The number of para-hydroxylation sites is 1. The zero-order valence-corrected chi connectivity index (χ0v) is 17.1. The standard InChI is InChI=1S/C24H19F3N2O3/c1-4-18-19(5-2)28-21(13-12-15-8-6-11-20(32-3)22(15)30)29(23(18)31)17-10-7-9-16(14-17)24(25,26)27/h4-14,30H,1-2H2,3H3/b13-12+. The molecule has 0 atom stereocenters. The highest BCUT2D eigenvalue weighted by molar-refractivity contribution is 5.73. The number of aromatic hydroxyl groups is 1. The van der Waals surface area contributed by atoms with Crippen molar-refractivity contribution in [3.05, 3.63) is 94.2 Å². The lowest BCUT2D eigenvalue weighted by molar-refractivity contribution is -0.137. The van der Waals surface area contributed by atoms with Gasteiger partial charge in [0.1, 0.15) is 5.82 Å². The number of phenols is 1. The van der Waals surface area contributed by atoms with E-state index in [1.54, 1.807) is 18.2 Å². The van der Waals surface area contributed by atoms with Crippen LogP contribution in [0.25, 0.3) is 30.0 Å². The summed E-state index contributed by atoms with van der Waals surface area (Å²) in [5, 5.41) is 10.3. The molecule has 32 heavy (non-hydrogen) atoms. The summed E-state index contributed by atoms with van der Waals surface area (Å²) >= 11 is 0. The minimum absolute atomic E-state index is 0.0226. The molecule has 5 nitrogen and oxygen atoms in total. The molecule has 0 aliphatic heterocycles. The first-order valence-electron chi connectivity index (χ1n) is 9.34. The van der Waals surface area contributed by atoms with Gasteiger partial charge in [-0.05, 0) is 42.5 Å². The maximum absolute atomic E-state index is 13.2. The van der Waals surface area contributed by atoms with Gasteiger partial charge in [0.05, 0.1) is 29.6 Å². The van der Waals surface area contributed by atoms with Crippen LogP contribution in [-0.2, 0) is 6.18 Å². The lowest BCUT2D eigenvalue weighted by Crippen LogP contribution is -2.26. The van der Waals surface area contributed by atoms with Gasteiger partial charge in [0.2, 0.25) is 0 Å². The van der Waals surface area contributed by atoms with E-state index in [0.717, 1.165) is 16.7 Å². The highest BCUT2D eigenvalue weighted by Gasteiger charge is 2.30. The number of benzene rings is 2. The molecule has 3 rings (SSSR count). The van der Waals surface area contributed by atoms with Crippen molar-refractivity contribution in [3.8, 4) is 17.2 Å². The van der Waals surface area contributed by atoms with Gasteiger partial charge in [-0.25, -0.2) is 4.98 Å². The molecular weight excluding hydrogens is 421 g/mol. The summed E-state index contributed by atoms with van der Waals surface area (Å²) < 4.78 is 45.9. The second kappa shape index (κ2) is 8.97. The van der Waals surface area contributed by atoms with Crippen LogP contribution in [0.1, 0.15) is 28.2 Å². The van der Waals surface area contributed by atoms with Crippen molar-refractivity contribution in [2.45, 2.75) is 6.18 Å². The maximum Gasteiger partial charge on any atom is 0.416 e. The zero-order valence-electron chi connectivity index (χ0n) is 17.1. The third-order valence-corrected chi connectivity index (χ3v) is 4.66. The number of rotatable bonds is 6. The number of methoxy groups -OCH3 is 1. The second-order valence-electron chi connectivity index (χ2n) is 6.60. The highest BCUT2D eigenvalue weighted by Crippen LogP contribution is 2.32. The second-order valence-corrected chi connectivity index (χ2v) is 6.60. The van der Waals surface area contributed by atoms with Crippen LogP contribution in [0, 0.1) is 0 Å². The van der Waals surface area contributed by atoms with Crippen molar-refractivity contribution in [1.29, 1.82) is 0 Å². The van der Waals surface area contributed by atoms with Gasteiger partial charge >= 0.3 is 6.18 Å². The van der Waals surface area contributed by atoms with Crippen molar-refractivity contribution in [2.24, 2.45) is 0 Å². The Kier molecular flexibility index (Phi) is 6.34. The average molecular weight is 440 g/mol. The lowest BCUT2D eigenvalue weighted by atomic mass is 10.1. The van der Waals surface area contributed by atoms with Crippen LogP contribution in [-0.4, -0.2) is 21.8 Å². The Balaban J connectivity index is 2.27. The molecule has 0 saturated heterocycles. The van der Waals surface area contributed by atoms with E-state index in [9.17, 15) is 23.1 Å². The molecule has 2 aromatic carbocycles. The van der Waals surface area contributed by atoms with Crippen molar-refractivity contribution < 1.29 is 23.0 Å². The zero-order chi connectivity index (χ0) is 23.5. The molecule has 0 aliphatic rings. The largest absolute Gasteiger partial charge is 0.504 e. The predicted molar refractivity (Wildman–Crippen MR) is 119 cm³/mol. The average Bonchev–Trinajstić information content (AvgIpc) is 2.77. The van der Waals surface area contributed by atoms with Crippen LogP contribution in [0.3, 0.4) is 0 Å². The van der Waals surface area contributed by atoms with Gasteiger partial charge in [0, 0.05) is 5.56 Å². The fourth-order valence-corrected chi connectivity index (χ4v) is 3.10. The highest BCUT2D eigenvalue weighted by atomic mass is 19.4. The van der Waals surface area contributed by atoms with E-state index in [-0.39, 0.29) is 34.3 Å². The predicted octanol–water partition coefficient (Wildman–Crippen LogP) is 5.42. The fourth-order valence-electron chi connectivity index (χ4n) is 3.10. The smallest absolute Gasteiger partial charge is 0.416 e. The minimum atomic E-state index is -4.59. The first-order chi connectivity index (χ1) is 15.2. The van der Waals surface area contributed by atoms with Gasteiger partial charge in [0.25, 0.3) is 5.56 Å². The van der Waals surface area contributed by atoms with Gasteiger partial charge in [-0.1, -0.05) is 37.4 Å². The maximum atomic E-state index is 13.2. The van der Waals surface area contributed by atoms with E-state index >= 15 is 0 Å². The third kappa shape index (κ3) is 4.34. The summed E-state index contributed by atoms with van der Waals surface area (Å²) in [5.74, 6) is 0.145. The normalized spacial score (nSPS) is 11.5. The first-order valence-corrected chi connectivity index (χ1v) is 9.34. The molecule has 0 spiro atoms.